The van der Waals surface area contributed by atoms with Gasteiger partial charge in [-0.2, -0.15) is 0 Å². The summed E-state index contributed by atoms with van der Waals surface area (Å²) in [6.45, 7) is 3.36. The molecular weight excluding hydrogens is 422 g/mol. The highest BCUT2D eigenvalue weighted by Crippen LogP contribution is 2.33. The molecule has 7 heteroatoms. The summed E-state index contributed by atoms with van der Waals surface area (Å²) in [6, 6.07) is 12.4. The van der Waals surface area contributed by atoms with E-state index in [0.717, 1.165) is 39.6 Å². The minimum atomic E-state index is 0.121. The number of ether oxygens (including phenoxy) is 2. The first kappa shape index (κ1) is 20.6. The molecule has 0 saturated carbocycles. The number of thiazole rings is 1. The molecule has 0 spiro atoms. The van der Waals surface area contributed by atoms with Crippen LogP contribution in [0.5, 0.6) is 11.5 Å². The van der Waals surface area contributed by atoms with Crippen molar-refractivity contribution < 1.29 is 14.3 Å². The van der Waals surface area contributed by atoms with E-state index in [4.69, 9.17) is 14.5 Å². The molecule has 2 aromatic heterocycles. The number of imidazole rings is 1. The SMILES string of the molecule is COc1cc2c(cc1OC)CN(C(=O)Cc1csc3nc(-c4ccc(C)cc4)cn13)CC2. The lowest BCUT2D eigenvalue weighted by Gasteiger charge is -2.29. The van der Waals surface area contributed by atoms with Gasteiger partial charge in [-0.25, -0.2) is 4.98 Å². The Labute approximate surface area is 191 Å². The number of hydrogen-bond donors (Lipinski definition) is 0. The summed E-state index contributed by atoms with van der Waals surface area (Å²) in [4.78, 5) is 20.7. The van der Waals surface area contributed by atoms with Crippen molar-refractivity contribution in [3.63, 3.8) is 0 Å². The Hall–Kier alpha value is -3.32. The van der Waals surface area contributed by atoms with Gasteiger partial charge in [0.1, 0.15) is 0 Å². The highest BCUT2D eigenvalue weighted by atomic mass is 32.1. The molecule has 0 fully saturated rings. The van der Waals surface area contributed by atoms with Crippen molar-refractivity contribution in [2.24, 2.45) is 0 Å². The maximum absolute atomic E-state index is 13.2. The molecule has 4 aromatic rings. The standard InChI is InChI=1S/C25H25N3O3S/c1-16-4-6-17(7-5-16)21-14-28-20(15-32-25(28)26-21)12-24(29)27-9-8-18-10-22(30-2)23(31-3)11-19(18)13-27/h4-7,10-11,14-15H,8-9,12-13H2,1-3H3. The Bertz CT molecular complexity index is 1290. The van der Waals surface area contributed by atoms with Crippen LogP contribution in [0.4, 0.5) is 0 Å². The molecule has 3 heterocycles. The Kier molecular flexibility index (Phi) is 5.35. The molecule has 2 aromatic carbocycles. The topological polar surface area (TPSA) is 56.1 Å². The van der Waals surface area contributed by atoms with Gasteiger partial charge in [-0.3, -0.25) is 9.20 Å². The minimum absolute atomic E-state index is 0.121. The van der Waals surface area contributed by atoms with Crippen LogP contribution < -0.4 is 9.47 Å². The summed E-state index contributed by atoms with van der Waals surface area (Å²) in [5, 5.41) is 2.03. The van der Waals surface area contributed by atoms with Gasteiger partial charge in [0.15, 0.2) is 16.5 Å². The number of carbonyl (C=O) groups is 1. The number of fused-ring (bicyclic) bond motifs is 2. The summed E-state index contributed by atoms with van der Waals surface area (Å²) >= 11 is 1.57. The highest BCUT2D eigenvalue weighted by Gasteiger charge is 2.24. The van der Waals surface area contributed by atoms with Gasteiger partial charge in [-0.15, -0.1) is 11.3 Å². The number of aromatic nitrogens is 2. The monoisotopic (exact) mass is 447 g/mol. The van der Waals surface area contributed by atoms with Crippen molar-refractivity contribution in [1.82, 2.24) is 14.3 Å². The number of benzene rings is 2. The molecule has 1 aliphatic heterocycles. The van der Waals surface area contributed by atoms with Crippen molar-refractivity contribution in [1.29, 1.82) is 0 Å². The van der Waals surface area contributed by atoms with Gasteiger partial charge in [0, 0.05) is 35.9 Å². The fourth-order valence-corrected chi connectivity index (χ4v) is 5.06. The molecule has 0 radical (unpaired) electrons. The van der Waals surface area contributed by atoms with Gasteiger partial charge in [0.2, 0.25) is 5.91 Å². The molecule has 1 amide bonds. The van der Waals surface area contributed by atoms with E-state index in [9.17, 15) is 4.79 Å². The van der Waals surface area contributed by atoms with E-state index >= 15 is 0 Å². The first-order valence-electron chi connectivity index (χ1n) is 10.6. The smallest absolute Gasteiger partial charge is 0.228 e. The average molecular weight is 448 g/mol. The molecule has 0 aliphatic carbocycles. The van der Waals surface area contributed by atoms with Crippen molar-refractivity contribution in [2.75, 3.05) is 20.8 Å². The molecule has 1 aliphatic rings. The number of methoxy groups -OCH3 is 2. The third-order valence-corrected chi connectivity index (χ3v) is 6.92. The predicted octanol–water partition coefficient (Wildman–Crippen LogP) is 4.52. The molecule has 164 valence electrons. The molecule has 0 atom stereocenters. The number of hydrogen-bond acceptors (Lipinski definition) is 5. The van der Waals surface area contributed by atoms with Crippen LogP contribution in [0.3, 0.4) is 0 Å². The van der Waals surface area contributed by atoms with Crippen LogP contribution >= 0.6 is 11.3 Å². The first-order valence-corrected chi connectivity index (χ1v) is 11.5. The van der Waals surface area contributed by atoms with Gasteiger partial charge in [0.25, 0.3) is 0 Å². The van der Waals surface area contributed by atoms with Crippen LogP contribution in [-0.4, -0.2) is 41.0 Å². The normalized spacial score (nSPS) is 13.3. The number of nitrogens with zero attached hydrogens (tertiary/aromatic N) is 3. The lowest BCUT2D eigenvalue weighted by Crippen LogP contribution is -2.37. The zero-order chi connectivity index (χ0) is 22.2. The second-order valence-electron chi connectivity index (χ2n) is 8.09. The highest BCUT2D eigenvalue weighted by molar-refractivity contribution is 7.15. The molecule has 6 nitrogen and oxygen atoms in total. The van der Waals surface area contributed by atoms with E-state index < -0.39 is 0 Å². The molecular formula is C25H25N3O3S. The van der Waals surface area contributed by atoms with E-state index in [1.165, 1.54) is 11.1 Å². The zero-order valence-corrected chi connectivity index (χ0v) is 19.2. The number of rotatable bonds is 5. The molecule has 0 bridgehead atoms. The maximum atomic E-state index is 13.2. The molecule has 0 unspecified atom stereocenters. The van der Waals surface area contributed by atoms with Gasteiger partial charge < -0.3 is 14.4 Å². The summed E-state index contributed by atoms with van der Waals surface area (Å²) in [6.07, 6.45) is 3.19. The van der Waals surface area contributed by atoms with Gasteiger partial charge >= 0.3 is 0 Å². The molecule has 5 rings (SSSR count). The Morgan fingerprint density at radius 2 is 1.81 bits per heavy atom. The minimum Gasteiger partial charge on any atom is -0.493 e. The number of amides is 1. The first-order chi connectivity index (χ1) is 15.6. The Morgan fingerprint density at radius 3 is 2.53 bits per heavy atom. The maximum Gasteiger partial charge on any atom is 0.228 e. The lowest BCUT2D eigenvalue weighted by atomic mass is 9.98. The van der Waals surface area contributed by atoms with Crippen molar-refractivity contribution >= 4 is 22.2 Å². The van der Waals surface area contributed by atoms with E-state index in [0.29, 0.717) is 25.3 Å². The molecule has 32 heavy (non-hydrogen) atoms. The summed E-state index contributed by atoms with van der Waals surface area (Å²) in [7, 11) is 3.28. The van der Waals surface area contributed by atoms with Gasteiger partial charge in [-0.1, -0.05) is 29.8 Å². The van der Waals surface area contributed by atoms with Crippen LogP contribution in [0, 0.1) is 6.92 Å². The fourth-order valence-electron chi connectivity index (χ4n) is 4.18. The van der Waals surface area contributed by atoms with E-state index in [2.05, 4.69) is 31.2 Å². The van der Waals surface area contributed by atoms with E-state index in [-0.39, 0.29) is 5.91 Å². The van der Waals surface area contributed by atoms with Crippen LogP contribution in [0.2, 0.25) is 0 Å². The average Bonchev–Trinajstić information content (AvgIpc) is 3.40. The van der Waals surface area contributed by atoms with Crippen LogP contribution in [0.1, 0.15) is 22.4 Å². The second kappa shape index (κ2) is 8.31. The third-order valence-electron chi connectivity index (χ3n) is 6.03. The van der Waals surface area contributed by atoms with E-state index in [1.807, 2.05) is 33.0 Å². The van der Waals surface area contributed by atoms with Crippen molar-refractivity contribution in [3.8, 4) is 22.8 Å². The second-order valence-corrected chi connectivity index (χ2v) is 8.93. The Morgan fingerprint density at radius 1 is 1.09 bits per heavy atom. The van der Waals surface area contributed by atoms with Crippen LogP contribution in [0.15, 0.2) is 48.0 Å². The third kappa shape index (κ3) is 3.73. The van der Waals surface area contributed by atoms with Crippen molar-refractivity contribution in [2.45, 2.75) is 26.3 Å². The lowest BCUT2D eigenvalue weighted by molar-refractivity contribution is -0.131. The molecule has 0 saturated heterocycles. The van der Waals surface area contributed by atoms with Gasteiger partial charge in [0.05, 0.1) is 26.3 Å². The predicted molar refractivity (Wildman–Crippen MR) is 126 cm³/mol. The van der Waals surface area contributed by atoms with Gasteiger partial charge in [-0.05, 0) is 36.6 Å². The fraction of sp³-hybridized carbons (Fsp3) is 0.280. The largest absolute Gasteiger partial charge is 0.493 e. The summed E-state index contributed by atoms with van der Waals surface area (Å²) in [5.41, 5.74) is 6.53. The van der Waals surface area contributed by atoms with Crippen LogP contribution in [-0.2, 0) is 24.2 Å². The van der Waals surface area contributed by atoms with Crippen LogP contribution in [0.25, 0.3) is 16.2 Å². The number of aryl methyl sites for hydroxylation is 1. The van der Waals surface area contributed by atoms with Crippen molar-refractivity contribution in [3.05, 3.63) is 70.4 Å². The molecule has 0 N–H and O–H groups in total. The Balaban J connectivity index is 1.35. The summed E-state index contributed by atoms with van der Waals surface area (Å²) in [5.74, 6) is 1.55. The summed E-state index contributed by atoms with van der Waals surface area (Å²) < 4.78 is 12.9. The quantitative estimate of drug-likeness (QED) is 0.452. The number of carbonyl (C=O) groups excluding carboxylic acids is 1. The van der Waals surface area contributed by atoms with E-state index in [1.54, 1.807) is 25.6 Å². The zero-order valence-electron chi connectivity index (χ0n) is 18.4.